The minimum absolute atomic E-state index is 0.0241. The number of hydrogen-bond acceptors (Lipinski definition) is 4. The number of ether oxygens (including phenoxy) is 1. The molecule has 1 aliphatic heterocycles. The molecule has 3 rings (SSSR count). The van der Waals surface area contributed by atoms with Crippen LogP contribution >= 0.6 is 0 Å². The van der Waals surface area contributed by atoms with Crippen molar-refractivity contribution in [3.05, 3.63) is 47.7 Å². The fraction of sp³-hybridized carbons (Fsp3) is 0.200. The van der Waals surface area contributed by atoms with E-state index < -0.39 is 5.91 Å². The molecule has 0 saturated heterocycles. The first-order chi connectivity index (χ1) is 9.69. The molecule has 4 N–H and O–H groups in total. The lowest BCUT2D eigenvalue weighted by molar-refractivity contribution is 0.1000. The van der Waals surface area contributed by atoms with Gasteiger partial charge in [-0.3, -0.25) is 9.78 Å². The summed E-state index contributed by atoms with van der Waals surface area (Å²) in [4.78, 5) is 15.3. The summed E-state index contributed by atoms with van der Waals surface area (Å²) >= 11 is 0. The molecule has 1 atom stereocenters. The molecule has 0 spiro atoms. The van der Waals surface area contributed by atoms with Gasteiger partial charge in [-0.1, -0.05) is 12.1 Å². The average Bonchev–Trinajstić information content (AvgIpc) is 2.90. The highest BCUT2D eigenvalue weighted by molar-refractivity contribution is 5.92. The zero-order valence-electron chi connectivity index (χ0n) is 10.9. The van der Waals surface area contributed by atoms with Gasteiger partial charge in [0.05, 0.1) is 11.3 Å². The molecular formula is C15H15N3O2. The van der Waals surface area contributed by atoms with Crippen molar-refractivity contribution in [2.24, 2.45) is 11.5 Å². The van der Waals surface area contributed by atoms with E-state index in [1.807, 2.05) is 18.2 Å². The van der Waals surface area contributed by atoms with Crippen molar-refractivity contribution in [1.82, 2.24) is 4.98 Å². The van der Waals surface area contributed by atoms with Crippen LogP contribution in [0.2, 0.25) is 0 Å². The van der Waals surface area contributed by atoms with E-state index in [2.05, 4.69) is 4.98 Å². The first kappa shape index (κ1) is 12.6. The number of aromatic nitrogens is 1. The first-order valence-electron chi connectivity index (χ1n) is 6.44. The van der Waals surface area contributed by atoms with Gasteiger partial charge in [0.25, 0.3) is 0 Å². The van der Waals surface area contributed by atoms with E-state index in [4.69, 9.17) is 16.2 Å². The molecule has 0 bridgehead atoms. The molecule has 0 aliphatic carbocycles. The van der Waals surface area contributed by atoms with Gasteiger partial charge in [0, 0.05) is 24.7 Å². The van der Waals surface area contributed by atoms with Crippen molar-refractivity contribution < 1.29 is 9.53 Å². The molecule has 5 heteroatoms. The number of nitrogens with two attached hydrogens (primary N) is 2. The summed E-state index contributed by atoms with van der Waals surface area (Å²) in [5, 5.41) is 0. The number of para-hydroxylation sites is 1. The number of pyridine rings is 1. The average molecular weight is 269 g/mol. The molecule has 1 aliphatic rings. The zero-order valence-corrected chi connectivity index (χ0v) is 10.9. The summed E-state index contributed by atoms with van der Waals surface area (Å²) in [5.41, 5.74) is 14.1. The van der Waals surface area contributed by atoms with E-state index in [9.17, 15) is 4.79 Å². The van der Waals surface area contributed by atoms with Crippen LogP contribution in [-0.4, -0.2) is 23.5 Å². The second-order valence-electron chi connectivity index (χ2n) is 4.77. The van der Waals surface area contributed by atoms with Crippen LogP contribution in [-0.2, 0) is 6.42 Å². The normalized spacial score (nSPS) is 16.6. The van der Waals surface area contributed by atoms with Gasteiger partial charge in [-0.25, -0.2) is 0 Å². The SMILES string of the molecule is NC[C@H]1Cc2cccc(-c3ccc(C(N)=O)cn3)c2O1. The van der Waals surface area contributed by atoms with Gasteiger partial charge in [0.2, 0.25) is 5.91 Å². The summed E-state index contributed by atoms with van der Waals surface area (Å²) in [5.74, 6) is 0.351. The fourth-order valence-electron chi connectivity index (χ4n) is 2.37. The third kappa shape index (κ3) is 2.12. The number of carbonyl (C=O) groups is 1. The minimum Gasteiger partial charge on any atom is -0.488 e. The first-order valence-corrected chi connectivity index (χ1v) is 6.44. The predicted octanol–water partition coefficient (Wildman–Crippen LogP) is 1.11. The van der Waals surface area contributed by atoms with Crippen LogP contribution in [0.25, 0.3) is 11.3 Å². The highest BCUT2D eigenvalue weighted by atomic mass is 16.5. The Kier molecular flexibility index (Phi) is 3.12. The number of amides is 1. The number of primary amides is 1. The lowest BCUT2D eigenvalue weighted by atomic mass is 10.0. The van der Waals surface area contributed by atoms with E-state index in [1.54, 1.807) is 12.1 Å². The number of nitrogens with zero attached hydrogens (tertiary/aromatic N) is 1. The summed E-state index contributed by atoms with van der Waals surface area (Å²) in [7, 11) is 0. The standard InChI is InChI=1S/C15H15N3O2/c16-7-11-6-9-2-1-3-12(14(9)20-11)13-5-4-10(8-18-13)15(17)19/h1-5,8,11H,6-7,16H2,(H2,17,19)/t11-/m1/s1. The molecule has 102 valence electrons. The van der Waals surface area contributed by atoms with Crippen LogP contribution in [0.1, 0.15) is 15.9 Å². The Morgan fingerprint density at radius 1 is 1.35 bits per heavy atom. The molecular weight excluding hydrogens is 254 g/mol. The van der Waals surface area contributed by atoms with E-state index in [-0.39, 0.29) is 6.10 Å². The Balaban J connectivity index is 2.00. The molecule has 20 heavy (non-hydrogen) atoms. The number of hydrogen-bond donors (Lipinski definition) is 2. The van der Waals surface area contributed by atoms with E-state index >= 15 is 0 Å². The lowest BCUT2D eigenvalue weighted by Gasteiger charge is -2.10. The van der Waals surface area contributed by atoms with Gasteiger partial charge < -0.3 is 16.2 Å². The van der Waals surface area contributed by atoms with Gasteiger partial charge >= 0.3 is 0 Å². The number of carbonyl (C=O) groups excluding carboxylic acids is 1. The van der Waals surface area contributed by atoms with Crippen molar-refractivity contribution in [3.8, 4) is 17.0 Å². The molecule has 0 saturated carbocycles. The largest absolute Gasteiger partial charge is 0.488 e. The third-order valence-corrected chi connectivity index (χ3v) is 3.42. The van der Waals surface area contributed by atoms with Gasteiger partial charge in [0.15, 0.2) is 0 Å². The van der Waals surface area contributed by atoms with Crippen LogP contribution in [0.15, 0.2) is 36.5 Å². The monoisotopic (exact) mass is 269 g/mol. The highest BCUT2D eigenvalue weighted by Crippen LogP contribution is 2.37. The fourth-order valence-corrected chi connectivity index (χ4v) is 2.37. The molecule has 2 heterocycles. The Bertz CT molecular complexity index is 653. The Hall–Kier alpha value is -2.40. The van der Waals surface area contributed by atoms with Crippen LogP contribution in [0.3, 0.4) is 0 Å². The Labute approximate surface area is 116 Å². The Morgan fingerprint density at radius 3 is 2.85 bits per heavy atom. The lowest BCUT2D eigenvalue weighted by Crippen LogP contribution is -2.24. The molecule has 2 aromatic rings. The molecule has 1 amide bonds. The van der Waals surface area contributed by atoms with Crippen molar-refractivity contribution in [2.75, 3.05) is 6.54 Å². The second kappa shape index (κ2) is 4.94. The van der Waals surface area contributed by atoms with Crippen molar-refractivity contribution in [1.29, 1.82) is 0 Å². The van der Waals surface area contributed by atoms with Crippen LogP contribution < -0.4 is 16.2 Å². The van der Waals surface area contributed by atoms with Crippen LogP contribution in [0.5, 0.6) is 5.75 Å². The van der Waals surface area contributed by atoms with Crippen molar-refractivity contribution >= 4 is 5.91 Å². The summed E-state index contributed by atoms with van der Waals surface area (Å²) in [6.07, 6.45) is 2.32. The van der Waals surface area contributed by atoms with E-state index in [0.29, 0.717) is 12.1 Å². The molecule has 5 nitrogen and oxygen atoms in total. The second-order valence-corrected chi connectivity index (χ2v) is 4.77. The molecule has 1 aromatic heterocycles. The predicted molar refractivity (Wildman–Crippen MR) is 75.4 cm³/mol. The number of rotatable bonds is 3. The van der Waals surface area contributed by atoms with E-state index in [0.717, 1.165) is 29.0 Å². The van der Waals surface area contributed by atoms with Crippen LogP contribution in [0.4, 0.5) is 0 Å². The topological polar surface area (TPSA) is 91.2 Å². The molecule has 1 aromatic carbocycles. The summed E-state index contributed by atoms with van der Waals surface area (Å²) in [6.45, 7) is 0.488. The number of benzene rings is 1. The number of fused-ring (bicyclic) bond motifs is 1. The zero-order chi connectivity index (χ0) is 14.1. The third-order valence-electron chi connectivity index (χ3n) is 3.42. The van der Waals surface area contributed by atoms with E-state index in [1.165, 1.54) is 6.20 Å². The highest BCUT2D eigenvalue weighted by Gasteiger charge is 2.24. The quantitative estimate of drug-likeness (QED) is 0.873. The smallest absolute Gasteiger partial charge is 0.250 e. The summed E-state index contributed by atoms with van der Waals surface area (Å²) in [6, 6.07) is 9.39. The molecule has 0 fully saturated rings. The maximum atomic E-state index is 11.1. The van der Waals surface area contributed by atoms with Crippen LogP contribution in [0, 0.1) is 0 Å². The minimum atomic E-state index is -0.484. The van der Waals surface area contributed by atoms with Gasteiger partial charge in [-0.05, 0) is 23.8 Å². The Morgan fingerprint density at radius 2 is 2.20 bits per heavy atom. The van der Waals surface area contributed by atoms with Crippen molar-refractivity contribution in [2.45, 2.75) is 12.5 Å². The maximum Gasteiger partial charge on any atom is 0.250 e. The van der Waals surface area contributed by atoms with Gasteiger partial charge in [-0.2, -0.15) is 0 Å². The van der Waals surface area contributed by atoms with Crippen molar-refractivity contribution in [3.63, 3.8) is 0 Å². The van der Waals surface area contributed by atoms with Gasteiger partial charge in [-0.15, -0.1) is 0 Å². The molecule has 0 unspecified atom stereocenters. The summed E-state index contributed by atoms with van der Waals surface area (Å²) < 4.78 is 5.86. The maximum absolute atomic E-state index is 11.1. The molecule has 0 radical (unpaired) electrons. The van der Waals surface area contributed by atoms with Gasteiger partial charge in [0.1, 0.15) is 11.9 Å².